The van der Waals surface area contributed by atoms with Crippen molar-refractivity contribution in [1.82, 2.24) is 10.2 Å². The van der Waals surface area contributed by atoms with Crippen molar-refractivity contribution in [3.63, 3.8) is 0 Å². The highest BCUT2D eigenvalue weighted by Gasteiger charge is 2.43. The summed E-state index contributed by atoms with van der Waals surface area (Å²) in [4.78, 5) is 14.1. The SMILES string of the molecule is O=C(NCC1CCC(F)(F)CC1)N1CCC2(O)CCCCC2C1. The van der Waals surface area contributed by atoms with E-state index < -0.39 is 11.5 Å². The first-order valence-electron chi connectivity index (χ1n) is 9.01. The van der Waals surface area contributed by atoms with E-state index in [4.69, 9.17) is 0 Å². The molecule has 6 heteroatoms. The van der Waals surface area contributed by atoms with Gasteiger partial charge in [0.25, 0.3) is 0 Å². The van der Waals surface area contributed by atoms with Crippen molar-refractivity contribution >= 4 is 6.03 Å². The van der Waals surface area contributed by atoms with Gasteiger partial charge in [0.15, 0.2) is 0 Å². The summed E-state index contributed by atoms with van der Waals surface area (Å²) in [6.07, 6.45) is 5.52. The molecule has 0 aromatic carbocycles. The van der Waals surface area contributed by atoms with Crippen molar-refractivity contribution in [2.45, 2.75) is 69.3 Å². The molecule has 132 valence electrons. The van der Waals surface area contributed by atoms with Gasteiger partial charge in [0.05, 0.1) is 5.60 Å². The predicted molar refractivity (Wildman–Crippen MR) is 83.4 cm³/mol. The van der Waals surface area contributed by atoms with Crippen LogP contribution in [0.3, 0.4) is 0 Å². The number of hydrogen-bond acceptors (Lipinski definition) is 2. The summed E-state index contributed by atoms with van der Waals surface area (Å²) in [5.41, 5.74) is -0.579. The highest BCUT2D eigenvalue weighted by molar-refractivity contribution is 5.74. The summed E-state index contributed by atoms with van der Waals surface area (Å²) in [7, 11) is 0. The second kappa shape index (κ2) is 6.54. The van der Waals surface area contributed by atoms with Gasteiger partial charge in [-0.05, 0) is 38.0 Å². The number of urea groups is 1. The molecule has 2 saturated carbocycles. The van der Waals surface area contributed by atoms with Crippen molar-refractivity contribution in [2.75, 3.05) is 19.6 Å². The highest BCUT2D eigenvalue weighted by Crippen LogP contribution is 2.40. The molecule has 3 fully saturated rings. The number of likely N-dealkylation sites (tertiary alicyclic amines) is 1. The van der Waals surface area contributed by atoms with Crippen LogP contribution >= 0.6 is 0 Å². The molecule has 2 atom stereocenters. The summed E-state index contributed by atoms with van der Waals surface area (Å²) in [5, 5.41) is 13.6. The van der Waals surface area contributed by atoms with Crippen LogP contribution in [-0.4, -0.2) is 47.2 Å². The van der Waals surface area contributed by atoms with Gasteiger partial charge < -0.3 is 15.3 Å². The van der Waals surface area contributed by atoms with E-state index in [1.807, 2.05) is 0 Å². The summed E-state index contributed by atoms with van der Waals surface area (Å²) in [5.74, 6) is -2.17. The van der Waals surface area contributed by atoms with Crippen molar-refractivity contribution < 1.29 is 18.7 Å². The lowest BCUT2D eigenvalue weighted by atomic mass is 9.71. The maximum Gasteiger partial charge on any atom is 0.317 e. The number of nitrogens with one attached hydrogen (secondary N) is 1. The van der Waals surface area contributed by atoms with Crippen LogP contribution in [0.1, 0.15) is 57.8 Å². The van der Waals surface area contributed by atoms with Crippen LogP contribution in [0.25, 0.3) is 0 Å². The Balaban J connectivity index is 1.44. The van der Waals surface area contributed by atoms with Crippen LogP contribution in [0.2, 0.25) is 0 Å². The summed E-state index contributed by atoms with van der Waals surface area (Å²) < 4.78 is 26.3. The molecular formula is C17H28F2N2O2. The summed E-state index contributed by atoms with van der Waals surface area (Å²) >= 11 is 0. The summed E-state index contributed by atoms with van der Waals surface area (Å²) in [6.45, 7) is 1.69. The monoisotopic (exact) mass is 330 g/mol. The smallest absolute Gasteiger partial charge is 0.317 e. The molecule has 4 nitrogen and oxygen atoms in total. The molecule has 2 amide bonds. The van der Waals surface area contributed by atoms with E-state index in [0.717, 1.165) is 25.7 Å². The number of nitrogens with zero attached hydrogens (tertiary/aromatic N) is 1. The van der Waals surface area contributed by atoms with Crippen LogP contribution in [0, 0.1) is 11.8 Å². The van der Waals surface area contributed by atoms with Crippen molar-refractivity contribution in [3.8, 4) is 0 Å². The zero-order valence-electron chi connectivity index (χ0n) is 13.7. The number of fused-ring (bicyclic) bond motifs is 1. The molecule has 0 aromatic rings. The van der Waals surface area contributed by atoms with Gasteiger partial charge in [0.1, 0.15) is 0 Å². The fourth-order valence-electron chi connectivity index (χ4n) is 4.40. The number of carbonyl (C=O) groups is 1. The Labute approximate surface area is 136 Å². The lowest BCUT2D eigenvalue weighted by molar-refractivity contribution is -0.0871. The van der Waals surface area contributed by atoms with Gasteiger partial charge in [0, 0.05) is 38.4 Å². The molecule has 2 unspecified atom stereocenters. The second-order valence-electron chi connectivity index (χ2n) is 7.73. The molecule has 0 bridgehead atoms. The zero-order chi connectivity index (χ0) is 16.5. The second-order valence-corrected chi connectivity index (χ2v) is 7.73. The molecule has 1 saturated heterocycles. The Kier molecular flexibility index (Phi) is 4.81. The molecule has 1 heterocycles. The number of halogens is 2. The topological polar surface area (TPSA) is 52.6 Å². The Morgan fingerprint density at radius 2 is 1.87 bits per heavy atom. The first-order valence-corrected chi connectivity index (χ1v) is 9.01. The fourth-order valence-corrected chi connectivity index (χ4v) is 4.40. The average Bonchev–Trinajstić information content (AvgIpc) is 2.52. The lowest BCUT2D eigenvalue weighted by Crippen LogP contribution is -2.56. The number of alkyl halides is 2. The number of hydrogen-bond donors (Lipinski definition) is 2. The number of piperidine rings is 1. The largest absolute Gasteiger partial charge is 0.389 e. The minimum atomic E-state index is -2.52. The van der Waals surface area contributed by atoms with E-state index in [9.17, 15) is 18.7 Å². The van der Waals surface area contributed by atoms with E-state index in [1.165, 1.54) is 0 Å². The average molecular weight is 330 g/mol. The highest BCUT2D eigenvalue weighted by atomic mass is 19.3. The third kappa shape index (κ3) is 3.95. The molecule has 23 heavy (non-hydrogen) atoms. The molecule has 0 radical (unpaired) electrons. The third-order valence-electron chi connectivity index (χ3n) is 6.09. The van der Waals surface area contributed by atoms with Gasteiger partial charge in [-0.2, -0.15) is 0 Å². The first-order chi connectivity index (χ1) is 10.9. The maximum absolute atomic E-state index is 13.1. The number of carbonyl (C=O) groups excluding carboxylic acids is 1. The maximum atomic E-state index is 13.1. The minimum Gasteiger partial charge on any atom is -0.389 e. The predicted octanol–water partition coefficient (Wildman–Crippen LogP) is 3.15. The molecule has 0 spiro atoms. The zero-order valence-corrected chi connectivity index (χ0v) is 13.7. The Morgan fingerprint density at radius 3 is 2.61 bits per heavy atom. The normalized spacial score (nSPS) is 34.7. The Bertz CT molecular complexity index is 436. The van der Waals surface area contributed by atoms with Gasteiger partial charge in [-0.3, -0.25) is 0 Å². The van der Waals surface area contributed by atoms with Crippen LogP contribution in [-0.2, 0) is 0 Å². The lowest BCUT2D eigenvalue weighted by Gasteiger charge is -2.47. The first kappa shape index (κ1) is 16.9. The molecule has 2 aliphatic carbocycles. The standard InChI is InChI=1S/C17H28F2N2O2/c18-17(19)7-4-13(5-8-17)11-20-15(22)21-10-9-16(23)6-2-1-3-14(16)12-21/h13-14,23H,1-12H2,(H,20,22). The molecular weight excluding hydrogens is 302 g/mol. The van der Waals surface area contributed by atoms with Gasteiger partial charge >= 0.3 is 6.03 Å². The molecule has 2 N–H and O–H groups in total. The van der Waals surface area contributed by atoms with Crippen LogP contribution in [0.5, 0.6) is 0 Å². The molecule has 3 aliphatic rings. The van der Waals surface area contributed by atoms with Crippen molar-refractivity contribution in [1.29, 1.82) is 0 Å². The van der Waals surface area contributed by atoms with E-state index in [-0.39, 0.29) is 30.7 Å². The fraction of sp³-hybridized carbons (Fsp3) is 0.941. The number of amides is 2. The van der Waals surface area contributed by atoms with E-state index >= 15 is 0 Å². The van der Waals surface area contributed by atoms with E-state index in [2.05, 4.69) is 5.32 Å². The quantitative estimate of drug-likeness (QED) is 0.817. The van der Waals surface area contributed by atoms with Gasteiger partial charge in [-0.1, -0.05) is 12.8 Å². The van der Waals surface area contributed by atoms with Crippen molar-refractivity contribution in [3.05, 3.63) is 0 Å². The number of rotatable bonds is 2. The molecule has 0 aromatic heterocycles. The number of aliphatic hydroxyl groups is 1. The van der Waals surface area contributed by atoms with Crippen LogP contribution in [0.4, 0.5) is 13.6 Å². The molecule has 3 rings (SSSR count). The van der Waals surface area contributed by atoms with Crippen LogP contribution < -0.4 is 5.32 Å². The Morgan fingerprint density at radius 1 is 1.13 bits per heavy atom. The third-order valence-corrected chi connectivity index (χ3v) is 6.09. The van der Waals surface area contributed by atoms with Crippen molar-refractivity contribution in [2.24, 2.45) is 11.8 Å². The van der Waals surface area contributed by atoms with Gasteiger partial charge in [-0.15, -0.1) is 0 Å². The van der Waals surface area contributed by atoms with Gasteiger partial charge in [0.2, 0.25) is 5.92 Å². The minimum absolute atomic E-state index is 0.0631. The summed E-state index contributed by atoms with van der Waals surface area (Å²) in [6, 6.07) is -0.102. The van der Waals surface area contributed by atoms with E-state index in [0.29, 0.717) is 38.9 Å². The molecule has 1 aliphatic heterocycles. The van der Waals surface area contributed by atoms with Gasteiger partial charge in [-0.25, -0.2) is 13.6 Å². The van der Waals surface area contributed by atoms with E-state index in [1.54, 1.807) is 4.90 Å². The van der Waals surface area contributed by atoms with Crippen LogP contribution in [0.15, 0.2) is 0 Å². The Hall–Kier alpha value is -0.910.